The largest absolute Gasteiger partial charge is 0.286 e. The van der Waals surface area contributed by atoms with Crippen molar-refractivity contribution in [2.75, 3.05) is 0 Å². The molecule has 5 nitrogen and oxygen atoms in total. The van der Waals surface area contributed by atoms with E-state index in [4.69, 9.17) is 11.6 Å². The Hall–Kier alpha value is -1.62. The van der Waals surface area contributed by atoms with E-state index in [0.717, 1.165) is 11.4 Å². The van der Waals surface area contributed by atoms with Crippen molar-refractivity contribution >= 4 is 11.6 Å². The van der Waals surface area contributed by atoms with Gasteiger partial charge in [0.2, 0.25) is 11.2 Å². The van der Waals surface area contributed by atoms with Crippen LogP contribution in [-0.4, -0.2) is 20.0 Å². The van der Waals surface area contributed by atoms with E-state index in [0.29, 0.717) is 0 Å². The molecule has 0 saturated heterocycles. The first-order valence-corrected chi connectivity index (χ1v) is 4.74. The maximum Gasteiger partial charge on any atom is 0.227 e. The van der Waals surface area contributed by atoms with Crippen LogP contribution in [0.4, 0.5) is 0 Å². The highest BCUT2D eigenvalue weighted by atomic mass is 35.5. The number of aromatic nitrogens is 4. The molecule has 78 valence electrons. The summed E-state index contributed by atoms with van der Waals surface area (Å²) in [6.07, 6.45) is 0. The van der Waals surface area contributed by atoms with Crippen molar-refractivity contribution < 1.29 is 0 Å². The molecule has 2 aromatic rings. The Labute approximate surface area is 90.7 Å². The van der Waals surface area contributed by atoms with Crippen molar-refractivity contribution in [3.63, 3.8) is 0 Å². The highest BCUT2D eigenvalue weighted by Gasteiger charge is 2.09. The zero-order chi connectivity index (χ0) is 11.0. The fourth-order valence-electron chi connectivity index (χ4n) is 1.37. The van der Waals surface area contributed by atoms with Gasteiger partial charge in [0.25, 0.3) is 0 Å². The molecule has 15 heavy (non-hydrogen) atoms. The molecule has 6 heteroatoms. The highest BCUT2D eigenvalue weighted by Crippen LogP contribution is 2.06. The van der Waals surface area contributed by atoms with E-state index in [1.807, 2.05) is 19.9 Å². The van der Waals surface area contributed by atoms with Crippen LogP contribution < -0.4 is 5.43 Å². The average molecular weight is 225 g/mol. The number of nitrogens with zero attached hydrogens (tertiary/aromatic N) is 3. The number of rotatable bonds is 1. The Bertz CT molecular complexity index is 557. The third-order valence-electron chi connectivity index (χ3n) is 1.96. The first kappa shape index (κ1) is 9.92. The van der Waals surface area contributed by atoms with Crippen molar-refractivity contribution in [2.45, 2.75) is 13.8 Å². The van der Waals surface area contributed by atoms with Gasteiger partial charge in [0.05, 0.1) is 5.69 Å². The molecule has 0 atom stereocenters. The van der Waals surface area contributed by atoms with Crippen LogP contribution in [0.5, 0.6) is 0 Å². The van der Waals surface area contributed by atoms with Gasteiger partial charge >= 0.3 is 0 Å². The monoisotopic (exact) mass is 224 g/mol. The lowest BCUT2D eigenvalue weighted by Gasteiger charge is -2.01. The molecule has 0 radical (unpaired) electrons. The molecule has 2 aromatic heterocycles. The van der Waals surface area contributed by atoms with E-state index < -0.39 is 0 Å². The van der Waals surface area contributed by atoms with Gasteiger partial charge in [-0.15, -0.1) is 0 Å². The first-order valence-electron chi connectivity index (χ1n) is 4.37. The van der Waals surface area contributed by atoms with E-state index in [1.165, 1.54) is 10.7 Å². The van der Waals surface area contributed by atoms with E-state index in [2.05, 4.69) is 15.3 Å². The van der Waals surface area contributed by atoms with Crippen LogP contribution >= 0.6 is 11.6 Å². The first-order chi connectivity index (χ1) is 7.08. The number of aryl methyl sites for hydroxylation is 2. The van der Waals surface area contributed by atoms with E-state index in [-0.39, 0.29) is 16.4 Å². The summed E-state index contributed by atoms with van der Waals surface area (Å²) >= 11 is 5.60. The molecule has 1 N–H and O–H groups in total. The maximum atomic E-state index is 11.6. The van der Waals surface area contributed by atoms with Crippen LogP contribution in [0, 0.1) is 13.8 Å². The van der Waals surface area contributed by atoms with Gasteiger partial charge in [-0.05, 0) is 19.9 Å². The smallest absolute Gasteiger partial charge is 0.227 e. The van der Waals surface area contributed by atoms with E-state index in [9.17, 15) is 4.79 Å². The minimum Gasteiger partial charge on any atom is -0.286 e. The number of halogens is 1. The fourth-order valence-corrected chi connectivity index (χ4v) is 1.51. The summed E-state index contributed by atoms with van der Waals surface area (Å²) < 4.78 is 1.49. The predicted octanol–water partition coefficient (Wildman–Crippen LogP) is 1.23. The molecule has 0 aliphatic rings. The molecule has 0 fully saturated rings. The lowest BCUT2D eigenvalue weighted by Crippen LogP contribution is -2.16. The standard InChI is InChI=1S/C9H9ClN4O/c1-5-3-6(2)14(13-5)9-7(15)4-8(10)11-12-9/h3-4H,1-2H3,(H,11,15). The molecule has 0 spiro atoms. The fraction of sp³-hybridized carbons (Fsp3) is 0.222. The van der Waals surface area contributed by atoms with Gasteiger partial charge in [-0.3, -0.25) is 9.89 Å². The summed E-state index contributed by atoms with van der Waals surface area (Å²) in [5.74, 6) is 0.227. The highest BCUT2D eigenvalue weighted by molar-refractivity contribution is 6.29. The van der Waals surface area contributed by atoms with Gasteiger partial charge in [0.15, 0.2) is 0 Å². The van der Waals surface area contributed by atoms with Gasteiger partial charge in [0, 0.05) is 11.8 Å². The van der Waals surface area contributed by atoms with Gasteiger partial charge in [0.1, 0.15) is 5.15 Å². The Kier molecular flexibility index (Phi) is 2.32. The molecule has 2 rings (SSSR count). The lowest BCUT2D eigenvalue weighted by atomic mass is 10.4. The molecule has 0 aliphatic heterocycles. The summed E-state index contributed by atoms with van der Waals surface area (Å²) in [7, 11) is 0. The summed E-state index contributed by atoms with van der Waals surface area (Å²) in [5, 5.41) is 10.8. The van der Waals surface area contributed by atoms with Gasteiger partial charge in [-0.1, -0.05) is 11.6 Å². The summed E-state index contributed by atoms with van der Waals surface area (Å²) in [5.41, 5.74) is 1.43. The number of hydrogen-bond donors (Lipinski definition) is 1. The minimum atomic E-state index is -0.259. The van der Waals surface area contributed by atoms with Crippen LogP contribution in [0.1, 0.15) is 11.4 Å². The van der Waals surface area contributed by atoms with Crippen molar-refractivity contribution in [1.82, 2.24) is 20.0 Å². The molecule has 2 heterocycles. The van der Waals surface area contributed by atoms with Gasteiger partial charge in [-0.2, -0.15) is 10.2 Å². The Morgan fingerprint density at radius 2 is 2.13 bits per heavy atom. The number of H-pyrrole nitrogens is 1. The van der Waals surface area contributed by atoms with Crippen molar-refractivity contribution in [3.8, 4) is 5.82 Å². The zero-order valence-electron chi connectivity index (χ0n) is 8.28. The topological polar surface area (TPSA) is 63.6 Å². The third kappa shape index (κ3) is 1.78. The van der Waals surface area contributed by atoms with Crippen molar-refractivity contribution in [1.29, 1.82) is 0 Å². The van der Waals surface area contributed by atoms with Crippen LogP contribution in [-0.2, 0) is 0 Å². The van der Waals surface area contributed by atoms with Gasteiger partial charge < -0.3 is 0 Å². The van der Waals surface area contributed by atoms with E-state index in [1.54, 1.807) is 0 Å². The van der Waals surface area contributed by atoms with Crippen molar-refractivity contribution in [3.05, 3.63) is 38.9 Å². The minimum absolute atomic E-state index is 0.213. The second-order valence-electron chi connectivity index (χ2n) is 3.24. The maximum absolute atomic E-state index is 11.6. The lowest BCUT2D eigenvalue weighted by molar-refractivity contribution is 0.774. The van der Waals surface area contributed by atoms with Crippen LogP contribution in [0.25, 0.3) is 5.82 Å². The molecular weight excluding hydrogens is 216 g/mol. The molecule has 0 aromatic carbocycles. The SMILES string of the molecule is Cc1cc(C)n(-c2n[nH]c(Cl)cc2=O)n1. The third-order valence-corrected chi connectivity index (χ3v) is 2.15. The molecule has 0 aliphatic carbocycles. The summed E-state index contributed by atoms with van der Waals surface area (Å²) in [6.45, 7) is 3.71. The van der Waals surface area contributed by atoms with Crippen LogP contribution in [0.2, 0.25) is 5.15 Å². The predicted molar refractivity (Wildman–Crippen MR) is 56.5 cm³/mol. The Balaban J connectivity index is 2.64. The number of nitrogens with one attached hydrogen (secondary N) is 1. The summed E-state index contributed by atoms with van der Waals surface area (Å²) in [4.78, 5) is 11.6. The molecule has 0 saturated carbocycles. The summed E-state index contributed by atoms with van der Waals surface area (Å²) in [6, 6.07) is 3.15. The second-order valence-corrected chi connectivity index (χ2v) is 3.65. The average Bonchev–Trinajstić information content (AvgIpc) is 2.45. The Morgan fingerprint density at radius 3 is 2.67 bits per heavy atom. The van der Waals surface area contributed by atoms with E-state index >= 15 is 0 Å². The zero-order valence-corrected chi connectivity index (χ0v) is 9.04. The molecule has 0 unspecified atom stereocenters. The molecule has 0 amide bonds. The quantitative estimate of drug-likeness (QED) is 0.792. The molecule has 0 bridgehead atoms. The van der Waals surface area contributed by atoms with Crippen molar-refractivity contribution in [2.24, 2.45) is 0 Å². The Morgan fingerprint density at radius 1 is 1.40 bits per heavy atom. The van der Waals surface area contributed by atoms with Crippen LogP contribution in [0.3, 0.4) is 0 Å². The number of hydrogen-bond acceptors (Lipinski definition) is 3. The normalized spacial score (nSPS) is 10.6. The number of aromatic amines is 1. The van der Waals surface area contributed by atoms with Crippen LogP contribution in [0.15, 0.2) is 16.9 Å². The second kappa shape index (κ2) is 3.51. The van der Waals surface area contributed by atoms with Gasteiger partial charge in [-0.25, -0.2) is 4.68 Å². The molecular formula is C9H9ClN4O.